The number of alkyl halides is 2. The van der Waals surface area contributed by atoms with E-state index < -0.39 is 18.0 Å². The van der Waals surface area contributed by atoms with E-state index in [4.69, 9.17) is 11.5 Å². The number of halogens is 4. The molecule has 0 spiro atoms. The fraction of sp³-hybridized carbons (Fsp3) is 1.00. The molecule has 2 nitrogen and oxygen atoms in total. The van der Waals surface area contributed by atoms with Crippen molar-refractivity contribution in [1.82, 2.24) is 0 Å². The molecule has 4 N–H and O–H groups in total. The second-order valence-corrected chi connectivity index (χ2v) is 2.84. The lowest BCUT2D eigenvalue weighted by Gasteiger charge is -2.32. The van der Waals surface area contributed by atoms with Gasteiger partial charge in [-0.25, -0.2) is 8.78 Å². The molecule has 0 saturated heterocycles. The first kappa shape index (κ1) is 14.9. The van der Waals surface area contributed by atoms with E-state index in [-0.39, 0.29) is 31.2 Å². The summed E-state index contributed by atoms with van der Waals surface area (Å²) in [6, 6.07) is -1.66. The molecule has 0 aromatic rings. The van der Waals surface area contributed by atoms with Crippen molar-refractivity contribution in [3.8, 4) is 0 Å². The average Bonchev–Trinajstić information content (AvgIpc) is 1.83. The summed E-state index contributed by atoms with van der Waals surface area (Å²) in [6.07, 6.45) is 1.00. The molecule has 2 atom stereocenters. The Morgan fingerprint density at radius 1 is 1.17 bits per heavy atom. The highest BCUT2D eigenvalue weighted by Gasteiger charge is 2.43. The first-order valence-corrected chi connectivity index (χ1v) is 3.43. The van der Waals surface area contributed by atoms with Gasteiger partial charge in [-0.15, -0.1) is 24.8 Å². The highest BCUT2D eigenvalue weighted by atomic mass is 35.5. The predicted octanol–water partition coefficient (Wildman–Crippen LogP) is 1.30. The molecule has 0 unspecified atom stereocenters. The maximum atomic E-state index is 12.6. The third kappa shape index (κ3) is 3.01. The zero-order valence-corrected chi connectivity index (χ0v) is 8.14. The Morgan fingerprint density at radius 2 is 1.67 bits per heavy atom. The average molecular weight is 223 g/mol. The van der Waals surface area contributed by atoms with Gasteiger partial charge in [0.15, 0.2) is 0 Å². The molecule has 1 rings (SSSR count). The summed E-state index contributed by atoms with van der Waals surface area (Å²) >= 11 is 0. The highest BCUT2D eigenvalue weighted by molar-refractivity contribution is 5.85. The second kappa shape index (κ2) is 5.17. The van der Waals surface area contributed by atoms with Gasteiger partial charge in [0.1, 0.15) is 0 Å². The second-order valence-electron chi connectivity index (χ2n) is 2.84. The van der Waals surface area contributed by atoms with Crippen LogP contribution in [0.15, 0.2) is 0 Å². The van der Waals surface area contributed by atoms with Gasteiger partial charge in [0.25, 0.3) is 5.92 Å². The Bertz CT molecular complexity index is 135. The maximum absolute atomic E-state index is 12.6. The molecule has 1 aliphatic rings. The van der Waals surface area contributed by atoms with E-state index in [1.807, 2.05) is 0 Å². The van der Waals surface area contributed by atoms with Gasteiger partial charge in [-0.3, -0.25) is 0 Å². The summed E-state index contributed by atoms with van der Waals surface area (Å²) in [5, 5.41) is 0. The SMILES string of the molecule is Cl.Cl.N[C@@H]1CCCC(F)(F)[C@@H]1N. The largest absolute Gasteiger partial charge is 0.326 e. The van der Waals surface area contributed by atoms with Crippen LogP contribution in [-0.4, -0.2) is 18.0 Å². The first-order valence-electron chi connectivity index (χ1n) is 3.43. The van der Waals surface area contributed by atoms with Gasteiger partial charge < -0.3 is 11.5 Å². The molecule has 0 aromatic carbocycles. The molecule has 6 heteroatoms. The van der Waals surface area contributed by atoms with E-state index in [2.05, 4.69) is 0 Å². The van der Waals surface area contributed by atoms with Crippen LogP contribution >= 0.6 is 24.8 Å². The van der Waals surface area contributed by atoms with Crippen LogP contribution < -0.4 is 11.5 Å². The van der Waals surface area contributed by atoms with Crippen molar-refractivity contribution in [2.45, 2.75) is 37.3 Å². The molecule has 0 radical (unpaired) electrons. The van der Waals surface area contributed by atoms with Gasteiger partial charge in [0, 0.05) is 12.5 Å². The van der Waals surface area contributed by atoms with E-state index in [1.54, 1.807) is 0 Å². The standard InChI is InChI=1S/C6H12F2N2.2ClH/c7-6(8)3-1-2-4(9)5(6)10;;/h4-5H,1-3,9-10H2;2*1H/t4-,5-;;/m1../s1. The van der Waals surface area contributed by atoms with Gasteiger partial charge in [0.2, 0.25) is 0 Å². The van der Waals surface area contributed by atoms with Crippen LogP contribution in [0.5, 0.6) is 0 Å². The number of rotatable bonds is 0. The topological polar surface area (TPSA) is 52.0 Å². The summed E-state index contributed by atoms with van der Waals surface area (Å²) in [5.41, 5.74) is 10.5. The molecule has 1 fully saturated rings. The van der Waals surface area contributed by atoms with Crippen molar-refractivity contribution in [2.24, 2.45) is 11.5 Å². The minimum absolute atomic E-state index is 0. The van der Waals surface area contributed by atoms with Crippen molar-refractivity contribution >= 4 is 24.8 Å². The molecular formula is C6H14Cl2F2N2. The van der Waals surface area contributed by atoms with Crippen LogP contribution in [-0.2, 0) is 0 Å². The van der Waals surface area contributed by atoms with E-state index in [0.717, 1.165) is 0 Å². The number of hydrogen-bond acceptors (Lipinski definition) is 2. The van der Waals surface area contributed by atoms with Crippen molar-refractivity contribution in [2.75, 3.05) is 0 Å². The van der Waals surface area contributed by atoms with Gasteiger partial charge in [-0.1, -0.05) is 0 Å². The quantitative estimate of drug-likeness (QED) is 0.650. The summed E-state index contributed by atoms with van der Waals surface area (Å²) in [6.45, 7) is 0. The van der Waals surface area contributed by atoms with E-state index in [0.29, 0.717) is 12.8 Å². The van der Waals surface area contributed by atoms with Crippen LogP contribution in [0.25, 0.3) is 0 Å². The Balaban J connectivity index is 0. The molecular weight excluding hydrogens is 209 g/mol. The fourth-order valence-corrected chi connectivity index (χ4v) is 1.23. The molecule has 0 amide bonds. The fourth-order valence-electron chi connectivity index (χ4n) is 1.23. The van der Waals surface area contributed by atoms with Gasteiger partial charge in [-0.05, 0) is 12.8 Å². The third-order valence-electron chi connectivity index (χ3n) is 2.00. The summed E-state index contributed by atoms with van der Waals surface area (Å²) in [7, 11) is 0. The zero-order valence-electron chi connectivity index (χ0n) is 6.50. The number of hydrogen-bond donors (Lipinski definition) is 2. The summed E-state index contributed by atoms with van der Waals surface area (Å²) in [5.74, 6) is -2.74. The van der Waals surface area contributed by atoms with Crippen LogP contribution in [0, 0.1) is 0 Å². The normalized spacial score (nSPS) is 33.0. The third-order valence-corrected chi connectivity index (χ3v) is 2.00. The Morgan fingerprint density at radius 3 is 2.00 bits per heavy atom. The van der Waals surface area contributed by atoms with Crippen molar-refractivity contribution in [3.63, 3.8) is 0 Å². The molecule has 76 valence electrons. The minimum atomic E-state index is -2.74. The highest BCUT2D eigenvalue weighted by Crippen LogP contribution is 2.31. The lowest BCUT2D eigenvalue weighted by molar-refractivity contribution is -0.0578. The van der Waals surface area contributed by atoms with Crippen molar-refractivity contribution < 1.29 is 8.78 Å². The molecule has 0 heterocycles. The van der Waals surface area contributed by atoms with Gasteiger partial charge in [0.05, 0.1) is 6.04 Å². The van der Waals surface area contributed by atoms with E-state index in [1.165, 1.54) is 0 Å². The first-order chi connectivity index (χ1) is 4.54. The Hall–Kier alpha value is 0.360. The van der Waals surface area contributed by atoms with Crippen LogP contribution in [0.4, 0.5) is 8.78 Å². The van der Waals surface area contributed by atoms with E-state index in [9.17, 15) is 8.78 Å². The molecule has 1 saturated carbocycles. The Labute approximate surface area is 82.9 Å². The molecule has 12 heavy (non-hydrogen) atoms. The monoisotopic (exact) mass is 222 g/mol. The molecule has 0 aliphatic heterocycles. The predicted molar refractivity (Wildman–Crippen MR) is 49.2 cm³/mol. The zero-order chi connectivity index (χ0) is 7.78. The lowest BCUT2D eigenvalue weighted by atomic mass is 9.88. The minimum Gasteiger partial charge on any atom is -0.326 e. The Kier molecular flexibility index (Phi) is 6.40. The van der Waals surface area contributed by atoms with Crippen LogP contribution in [0.2, 0.25) is 0 Å². The lowest BCUT2D eigenvalue weighted by Crippen LogP contribution is -2.55. The van der Waals surface area contributed by atoms with Gasteiger partial charge >= 0.3 is 0 Å². The summed E-state index contributed by atoms with van der Waals surface area (Å²) in [4.78, 5) is 0. The molecule has 0 aromatic heterocycles. The van der Waals surface area contributed by atoms with Crippen molar-refractivity contribution in [3.05, 3.63) is 0 Å². The molecule has 1 aliphatic carbocycles. The maximum Gasteiger partial charge on any atom is 0.264 e. The van der Waals surface area contributed by atoms with Crippen molar-refractivity contribution in [1.29, 1.82) is 0 Å². The number of nitrogens with two attached hydrogens (primary N) is 2. The smallest absolute Gasteiger partial charge is 0.264 e. The molecule has 0 bridgehead atoms. The van der Waals surface area contributed by atoms with Crippen LogP contribution in [0.1, 0.15) is 19.3 Å². The van der Waals surface area contributed by atoms with Gasteiger partial charge in [-0.2, -0.15) is 0 Å². The van der Waals surface area contributed by atoms with Crippen LogP contribution in [0.3, 0.4) is 0 Å². The van der Waals surface area contributed by atoms with E-state index >= 15 is 0 Å². The summed E-state index contributed by atoms with van der Waals surface area (Å²) < 4.78 is 25.3.